The van der Waals surface area contributed by atoms with Gasteiger partial charge in [0.2, 0.25) is 0 Å². The molecular formula is C27H30N6O2. The standard InChI is InChI=1S/C27H30N6O2/c1-31(2)16-6-8-22-18(12-16)20(14-29-22)24-25(27(35)30-26(24)34)21-15-33(11-5-10-28)23-9-7-17(32(3)4)13-19(21)23/h6-9,12-15,29H,5,10-11,28H2,1-4H3,(H,30,34,35). The molecule has 0 saturated heterocycles. The van der Waals surface area contributed by atoms with E-state index < -0.39 is 0 Å². The molecule has 2 aromatic carbocycles. The molecule has 0 spiro atoms. The average molecular weight is 471 g/mol. The van der Waals surface area contributed by atoms with Gasteiger partial charge in [0.05, 0.1) is 11.1 Å². The van der Waals surface area contributed by atoms with E-state index in [2.05, 4.69) is 33.1 Å². The first kappa shape index (κ1) is 22.7. The maximum Gasteiger partial charge on any atom is 0.259 e. The fourth-order valence-electron chi connectivity index (χ4n) is 4.77. The lowest BCUT2D eigenvalue weighted by molar-refractivity contribution is -0.122. The first-order chi connectivity index (χ1) is 16.8. The highest BCUT2D eigenvalue weighted by molar-refractivity contribution is 6.50. The van der Waals surface area contributed by atoms with Gasteiger partial charge in [-0.1, -0.05) is 0 Å². The number of nitrogens with zero attached hydrogens (tertiary/aromatic N) is 3. The molecule has 1 aliphatic rings. The van der Waals surface area contributed by atoms with Gasteiger partial charge in [0.1, 0.15) is 0 Å². The minimum Gasteiger partial charge on any atom is -0.378 e. The van der Waals surface area contributed by atoms with E-state index in [0.29, 0.717) is 23.3 Å². The molecule has 3 heterocycles. The molecule has 0 atom stereocenters. The van der Waals surface area contributed by atoms with Gasteiger partial charge in [-0.2, -0.15) is 0 Å². The summed E-state index contributed by atoms with van der Waals surface area (Å²) in [5, 5.41) is 4.37. The number of H-pyrrole nitrogens is 1. The molecule has 8 nitrogen and oxygen atoms in total. The number of nitrogens with two attached hydrogens (primary N) is 1. The summed E-state index contributed by atoms with van der Waals surface area (Å²) >= 11 is 0. The van der Waals surface area contributed by atoms with Crippen LogP contribution < -0.4 is 20.9 Å². The molecule has 2 amide bonds. The van der Waals surface area contributed by atoms with Gasteiger partial charge in [-0.3, -0.25) is 14.9 Å². The van der Waals surface area contributed by atoms with Crippen LogP contribution in [0, 0.1) is 0 Å². The Morgan fingerprint density at radius 3 is 2.14 bits per heavy atom. The van der Waals surface area contributed by atoms with Crippen LogP contribution in [0.3, 0.4) is 0 Å². The zero-order valence-electron chi connectivity index (χ0n) is 20.5. The number of nitrogens with one attached hydrogen (secondary N) is 2. The number of benzene rings is 2. The van der Waals surface area contributed by atoms with E-state index in [9.17, 15) is 9.59 Å². The summed E-state index contributed by atoms with van der Waals surface area (Å²) < 4.78 is 2.12. The van der Waals surface area contributed by atoms with Crippen molar-refractivity contribution in [2.75, 3.05) is 44.5 Å². The molecule has 35 heavy (non-hydrogen) atoms. The Labute approximate surface area is 204 Å². The molecule has 4 N–H and O–H groups in total. The number of hydrogen-bond acceptors (Lipinski definition) is 5. The Hall–Kier alpha value is -4.04. The second-order valence-corrected chi connectivity index (χ2v) is 9.33. The van der Waals surface area contributed by atoms with Crippen LogP contribution in [0.1, 0.15) is 17.5 Å². The minimum atomic E-state index is -0.382. The maximum atomic E-state index is 13.2. The van der Waals surface area contributed by atoms with Crippen molar-refractivity contribution in [2.45, 2.75) is 13.0 Å². The molecule has 0 radical (unpaired) electrons. The SMILES string of the molecule is CN(C)c1ccc2[nH]cc(C3=C(c4cn(CCCN)c5ccc(N(C)C)cc45)C(=O)NC3=O)c2c1. The van der Waals surface area contributed by atoms with Crippen molar-refractivity contribution in [3.8, 4) is 0 Å². The number of anilines is 2. The van der Waals surface area contributed by atoms with Gasteiger partial charge >= 0.3 is 0 Å². The van der Waals surface area contributed by atoms with Crippen LogP contribution in [0.4, 0.5) is 11.4 Å². The van der Waals surface area contributed by atoms with Crippen LogP contribution >= 0.6 is 0 Å². The number of hydrogen-bond donors (Lipinski definition) is 3. The zero-order valence-corrected chi connectivity index (χ0v) is 20.5. The number of carbonyl (C=O) groups is 2. The van der Waals surface area contributed by atoms with E-state index in [1.165, 1.54) is 0 Å². The molecule has 0 unspecified atom stereocenters. The highest BCUT2D eigenvalue weighted by Gasteiger charge is 2.35. The van der Waals surface area contributed by atoms with E-state index in [-0.39, 0.29) is 11.8 Å². The van der Waals surface area contributed by atoms with Crippen molar-refractivity contribution < 1.29 is 9.59 Å². The second kappa shape index (κ2) is 8.63. The van der Waals surface area contributed by atoms with Gasteiger partial charge in [-0.25, -0.2) is 0 Å². The predicted molar refractivity (Wildman–Crippen MR) is 143 cm³/mol. The van der Waals surface area contributed by atoms with Crippen molar-refractivity contribution in [3.63, 3.8) is 0 Å². The summed E-state index contributed by atoms with van der Waals surface area (Å²) in [5.74, 6) is -0.760. The Morgan fingerprint density at radius 2 is 1.49 bits per heavy atom. The molecule has 1 aliphatic heterocycles. The molecule has 0 fully saturated rings. The van der Waals surface area contributed by atoms with E-state index in [0.717, 1.165) is 51.7 Å². The molecule has 8 heteroatoms. The van der Waals surface area contributed by atoms with Gasteiger partial charge in [0.25, 0.3) is 11.8 Å². The Balaban J connectivity index is 1.79. The molecule has 0 bridgehead atoms. The van der Waals surface area contributed by atoms with Gasteiger partial charge in [-0.15, -0.1) is 0 Å². The Kier molecular flexibility index (Phi) is 5.61. The summed E-state index contributed by atoms with van der Waals surface area (Å²) in [4.78, 5) is 33.7. The number of fused-ring (bicyclic) bond motifs is 2. The van der Waals surface area contributed by atoms with Gasteiger partial charge in [0.15, 0.2) is 0 Å². The first-order valence-electron chi connectivity index (χ1n) is 11.7. The van der Waals surface area contributed by atoms with Crippen molar-refractivity contribution >= 4 is 56.1 Å². The van der Waals surface area contributed by atoms with Crippen LogP contribution in [0.5, 0.6) is 0 Å². The number of aromatic nitrogens is 2. The highest BCUT2D eigenvalue weighted by Crippen LogP contribution is 2.39. The minimum absolute atomic E-state index is 0.378. The second-order valence-electron chi connectivity index (χ2n) is 9.33. The van der Waals surface area contributed by atoms with Crippen molar-refractivity contribution in [1.29, 1.82) is 0 Å². The topological polar surface area (TPSA) is 99.4 Å². The first-order valence-corrected chi connectivity index (χ1v) is 11.7. The smallest absolute Gasteiger partial charge is 0.259 e. The lowest BCUT2D eigenvalue weighted by atomic mass is 9.95. The Bertz CT molecular complexity index is 1500. The van der Waals surface area contributed by atoms with Crippen molar-refractivity contribution in [3.05, 3.63) is 59.9 Å². The summed E-state index contributed by atoms with van der Waals surface area (Å²) in [6, 6.07) is 12.2. The number of aryl methyl sites for hydroxylation is 1. The average Bonchev–Trinajstić information content (AvgIpc) is 3.49. The van der Waals surface area contributed by atoms with E-state index in [1.54, 1.807) is 0 Å². The van der Waals surface area contributed by atoms with Crippen molar-refractivity contribution in [1.82, 2.24) is 14.9 Å². The van der Waals surface area contributed by atoms with E-state index in [4.69, 9.17) is 5.73 Å². The largest absolute Gasteiger partial charge is 0.378 e. The number of amides is 2. The van der Waals surface area contributed by atoms with Crippen LogP contribution in [-0.4, -0.2) is 56.1 Å². The molecule has 0 aliphatic carbocycles. The normalized spacial score (nSPS) is 13.9. The quantitative estimate of drug-likeness (QED) is 0.360. The number of aromatic amines is 1. The zero-order chi connectivity index (χ0) is 24.9. The maximum absolute atomic E-state index is 13.2. The number of carbonyl (C=O) groups excluding carboxylic acids is 2. The van der Waals surface area contributed by atoms with Crippen LogP contribution in [0.2, 0.25) is 0 Å². The summed E-state index contributed by atoms with van der Waals surface area (Å²) in [6.45, 7) is 1.30. The number of rotatable bonds is 7. The third-order valence-corrected chi connectivity index (χ3v) is 6.64. The van der Waals surface area contributed by atoms with Gasteiger partial charge in [0, 0.05) is 91.4 Å². The van der Waals surface area contributed by atoms with E-state index >= 15 is 0 Å². The van der Waals surface area contributed by atoms with Crippen LogP contribution in [-0.2, 0) is 16.1 Å². The van der Waals surface area contributed by atoms with Crippen LogP contribution in [0.25, 0.3) is 33.0 Å². The summed E-state index contributed by atoms with van der Waals surface area (Å²) in [7, 11) is 7.92. The van der Waals surface area contributed by atoms with Crippen molar-refractivity contribution in [2.24, 2.45) is 5.73 Å². The lowest BCUT2D eigenvalue weighted by Gasteiger charge is -2.13. The molecule has 180 valence electrons. The number of imide groups is 1. The highest BCUT2D eigenvalue weighted by atomic mass is 16.2. The lowest BCUT2D eigenvalue weighted by Crippen LogP contribution is -2.22. The molecule has 2 aromatic heterocycles. The molecular weight excluding hydrogens is 440 g/mol. The third-order valence-electron chi connectivity index (χ3n) is 6.64. The Morgan fingerprint density at radius 1 is 0.857 bits per heavy atom. The van der Waals surface area contributed by atoms with Gasteiger partial charge in [-0.05, 0) is 49.4 Å². The monoisotopic (exact) mass is 470 g/mol. The fourth-order valence-corrected chi connectivity index (χ4v) is 4.77. The summed E-state index contributed by atoms with van der Waals surface area (Å²) in [5.41, 5.74) is 12.0. The molecule has 4 aromatic rings. The predicted octanol–water partition coefficient (Wildman–Crippen LogP) is 3.17. The van der Waals surface area contributed by atoms with E-state index in [1.807, 2.05) is 68.6 Å². The third kappa shape index (κ3) is 3.76. The molecule has 0 saturated carbocycles. The van der Waals surface area contributed by atoms with Crippen LogP contribution in [0.15, 0.2) is 48.8 Å². The fraction of sp³-hybridized carbons (Fsp3) is 0.259. The summed E-state index contributed by atoms with van der Waals surface area (Å²) in [6.07, 6.45) is 4.61. The molecule has 5 rings (SSSR count). The van der Waals surface area contributed by atoms with Gasteiger partial charge < -0.3 is 25.1 Å².